The van der Waals surface area contributed by atoms with Gasteiger partial charge < -0.3 is 10.1 Å². The third kappa shape index (κ3) is 2.25. The van der Waals surface area contributed by atoms with E-state index in [1.165, 1.54) is 6.07 Å². The van der Waals surface area contributed by atoms with Crippen molar-refractivity contribution in [2.24, 2.45) is 0 Å². The Labute approximate surface area is 95.8 Å². The van der Waals surface area contributed by atoms with Gasteiger partial charge in [-0.05, 0) is 26.8 Å². The Balaban J connectivity index is 2.28. The fourth-order valence-corrected chi connectivity index (χ4v) is 2.04. The molecule has 1 aliphatic heterocycles. The van der Waals surface area contributed by atoms with Crippen LogP contribution in [0.25, 0.3) is 0 Å². The van der Waals surface area contributed by atoms with E-state index in [0.29, 0.717) is 5.56 Å². The maximum atomic E-state index is 13.7. The number of rotatable bonds is 1. The van der Waals surface area contributed by atoms with Gasteiger partial charge in [-0.3, -0.25) is 0 Å². The Bertz CT molecular complexity index is 378. The molecule has 1 N–H and O–H groups in total. The molecular formula is C13H18FNO. The lowest BCUT2D eigenvalue weighted by molar-refractivity contribution is -0.116. The number of hydrogen-bond donors (Lipinski definition) is 1. The van der Waals surface area contributed by atoms with E-state index in [9.17, 15) is 4.39 Å². The van der Waals surface area contributed by atoms with E-state index in [2.05, 4.69) is 5.32 Å². The Morgan fingerprint density at radius 2 is 2.06 bits per heavy atom. The van der Waals surface area contributed by atoms with E-state index >= 15 is 0 Å². The van der Waals surface area contributed by atoms with Crippen molar-refractivity contribution in [2.75, 3.05) is 6.54 Å². The van der Waals surface area contributed by atoms with Crippen molar-refractivity contribution >= 4 is 0 Å². The SMILES string of the molecule is CC1NCC(C)(C)OC1c1ccccc1F. The van der Waals surface area contributed by atoms with Gasteiger partial charge in [0, 0.05) is 18.2 Å². The number of ether oxygens (including phenoxy) is 1. The molecule has 0 amide bonds. The summed E-state index contributed by atoms with van der Waals surface area (Å²) < 4.78 is 19.6. The minimum Gasteiger partial charge on any atom is -0.365 e. The van der Waals surface area contributed by atoms with Crippen molar-refractivity contribution in [3.8, 4) is 0 Å². The molecule has 0 aromatic heterocycles. The van der Waals surface area contributed by atoms with Crippen molar-refractivity contribution in [3.63, 3.8) is 0 Å². The molecule has 1 aromatic carbocycles. The van der Waals surface area contributed by atoms with Crippen LogP contribution in [0.15, 0.2) is 24.3 Å². The zero-order chi connectivity index (χ0) is 11.8. The Morgan fingerprint density at radius 3 is 2.75 bits per heavy atom. The fraction of sp³-hybridized carbons (Fsp3) is 0.538. The van der Waals surface area contributed by atoms with Gasteiger partial charge in [-0.15, -0.1) is 0 Å². The van der Waals surface area contributed by atoms with Gasteiger partial charge in [-0.25, -0.2) is 4.39 Å². The monoisotopic (exact) mass is 223 g/mol. The molecule has 0 bridgehead atoms. The maximum absolute atomic E-state index is 13.7. The van der Waals surface area contributed by atoms with Crippen LogP contribution in [-0.2, 0) is 4.74 Å². The first kappa shape index (κ1) is 11.6. The lowest BCUT2D eigenvalue weighted by Crippen LogP contribution is -2.51. The second-order valence-electron chi connectivity index (χ2n) is 4.99. The lowest BCUT2D eigenvalue weighted by Gasteiger charge is -2.41. The zero-order valence-electron chi connectivity index (χ0n) is 9.96. The molecule has 1 aromatic rings. The first-order valence-electron chi connectivity index (χ1n) is 5.65. The maximum Gasteiger partial charge on any atom is 0.129 e. The van der Waals surface area contributed by atoms with E-state index in [4.69, 9.17) is 4.74 Å². The summed E-state index contributed by atoms with van der Waals surface area (Å²) in [7, 11) is 0. The largest absolute Gasteiger partial charge is 0.365 e. The highest BCUT2D eigenvalue weighted by molar-refractivity contribution is 5.22. The van der Waals surface area contributed by atoms with E-state index in [1.54, 1.807) is 12.1 Å². The smallest absolute Gasteiger partial charge is 0.129 e. The molecule has 16 heavy (non-hydrogen) atoms. The van der Waals surface area contributed by atoms with E-state index in [0.717, 1.165) is 6.54 Å². The summed E-state index contributed by atoms with van der Waals surface area (Å²) in [5.74, 6) is -0.196. The third-order valence-electron chi connectivity index (χ3n) is 2.96. The average molecular weight is 223 g/mol. The molecule has 1 fully saturated rings. The molecule has 0 spiro atoms. The van der Waals surface area contributed by atoms with Crippen LogP contribution in [0, 0.1) is 5.82 Å². The van der Waals surface area contributed by atoms with Gasteiger partial charge in [0.05, 0.1) is 5.60 Å². The average Bonchev–Trinajstić information content (AvgIpc) is 2.23. The van der Waals surface area contributed by atoms with Gasteiger partial charge >= 0.3 is 0 Å². The summed E-state index contributed by atoms with van der Waals surface area (Å²) in [5, 5.41) is 3.36. The molecule has 2 rings (SSSR count). The quantitative estimate of drug-likeness (QED) is 0.790. The van der Waals surface area contributed by atoms with E-state index < -0.39 is 0 Å². The summed E-state index contributed by atoms with van der Waals surface area (Å²) in [5.41, 5.74) is 0.384. The second-order valence-corrected chi connectivity index (χ2v) is 4.99. The molecule has 2 nitrogen and oxygen atoms in total. The van der Waals surface area contributed by atoms with Crippen molar-refractivity contribution in [1.29, 1.82) is 0 Å². The van der Waals surface area contributed by atoms with Crippen LogP contribution >= 0.6 is 0 Å². The molecule has 0 aliphatic carbocycles. The second kappa shape index (κ2) is 4.15. The minimum absolute atomic E-state index is 0.130. The summed E-state index contributed by atoms with van der Waals surface area (Å²) >= 11 is 0. The molecular weight excluding hydrogens is 205 g/mol. The van der Waals surface area contributed by atoms with Gasteiger partial charge in [0.2, 0.25) is 0 Å². The summed E-state index contributed by atoms with van der Waals surface area (Å²) in [6.07, 6.45) is -0.218. The zero-order valence-corrected chi connectivity index (χ0v) is 9.96. The highest BCUT2D eigenvalue weighted by Crippen LogP contribution is 2.31. The van der Waals surface area contributed by atoms with Crippen LogP contribution in [0.4, 0.5) is 4.39 Å². The van der Waals surface area contributed by atoms with Crippen LogP contribution in [0.3, 0.4) is 0 Å². The van der Waals surface area contributed by atoms with Crippen molar-refractivity contribution < 1.29 is 9.13 Å². The van der Waals surface area contributed by atoms with Crippen LogP contribution in [0.2, 0.25) is 0 Å². The summed E-state index contributed by atoms with van der Waals surface area (Å²) in [6.45, 7) is 6.84. The molecule has 2 unspecified atom stereocenters. The number of hydrogen-bond acceptors (Lipinski definition) is 2. The normalized spacial score (nSPS) is 29.0. The minimum atomic E-state index is -0.251. The van der Waals surface area contributed by atoms with Gasteiger partial charge in [0.25, 0.3) is 0 Å². The summed E-state index contributed by atoms with van der Waals surface area (Å²) in [6, 6.07) is 6.94. The first-order valence-corrected chi connectivity index (χ1v) is 5.65. The van der Waals surface area contributed by atoms with Crippen LogP contribution in [0.5, 0.6) is 0 Å². The standard InChI is InChI=1S/C13H18FNO/c1-9-12(16-13(2,3)8-15-9)10-6-4-5-7-11(10)14/h4-7,9,12,15H,8H2,1-3H3. The first-order chi connectivity index (χ1) is 7.49. The van der Waals surface area contributed by atoms with Gasteiger partial charge in [0.1, 0.15) is 11.9 Å². The van der Waals surface area contributed by atoms with Gasteiger partial charge in [-0.1, -0.05) is 18.2 Å². The molecule has 1 aliphatic rings. The highest BCUT2D eigenvalue weighted by Gasteiger charge is 2.34. The number of nitrogens with one attached hydrogen (secondary N) is 1. The van der Waals surface area contributed by atoms with Crippen molar-refractivity contribution in [2.45, 2.75) is 38.5 Å². The molecule has 1 heterocycles. The Kier molecular flexibility index (Phi) is 3.00. The highest BCUT2D eigenvalue weighted by atomic mass is 19.1. The van der Waals surface area contributed by atoms with Crippen LogP contribution in [-0.4, -0.2) is 18.2 Å². The molecule has 1 saturated heterocycles. The lowest BCUT2D eigenvalue weighted by atomic mass is 9.97. The third-order valence-corrected chi connectivity index (χ3v) is 2.96. The molecule has 3 heteroatoms. The van der Waals surface area contributed by atoms with Gasteiger partial charge in [-0.2, -0.15) is 0 Å². The topological polar surface area (TPSA) is 21.3 Å². The van der Waals surface area contributed by atoms with E-state index in [-0.39, 0.29) is 23.6 Å². The molecule has 88 valence electrons. The van der Waals surface area contributed by atoms with Crippen molar-refractivity contribution in [1.82, 2.24) is 5.32 Å². The predicted molar refractivity (Wildman–Crippen MR) is 61.8 cm³/mol. The van der Waals surface area contributed by atoms with Crippen LogP contribution < -0.4 is 5.32 Å². The Hall–Kier alpha value is -0.930. The molecule has 0 saturated carbocycles. The Morgan fingerprint density at radius 1 is 1.38 bits per heavy atom. The number of morpholine rings is 1. The predicted octanol–water partition coefficient (Wildman–Crippen LogP) is 2.65. The summed E-state index contributed by atoms with van der Waals surface area (Å²) in [4.78, 5) is 0. The van der Waals surface area contributed by atoms with E-state index in [1.807, 2.05) is 26.8 Å². The van der Waals surface area contributed by atoms with Crippen LogP contribution in [0.1, 0.15) is 32.4 Å². The van der Waals surface area contributed by atoms with Gasteiger partial charge in [0.15, 0.2) is 0 Å². The number of benzene rings is 1. The number of halogens is 1. The van der Waals surface area contributed by atoms with Crippen molar-refractivity contribution in [3.05, 3.63) is 35.6 Å². The molecule has 0 radical (unpaired) electrons. The fourth-order valence-electron chi connectivity index (χ4n) is 2.04. The molecule has 2 atom stereocenters.